The molecule has 1 aromatic carbocycles. The zero-order valence-electron chi connectivity index (χ0n) is 7.63. The van der Waals surface area contributed by atoms with Crippen molar-refractivity contribution in [2.75, 3.05) is 6.61 Å². The van der Waals surface area contributed by atoms with Crippen LogP contribution in [0.1, 0.15) is 22.8 Å². The van der Waals surface area contributed by atoms with Crippen LogP contribution in [0.25, 0.3) is 0 Å². The zero-order valence-corrected chi connectivity index (χ0v) is 8.39. The van der Waals surface area contributed by atoms with E-state index in [-0.39, 0.29) is 17.1 Å². The minimum atomic E-state index is -0.220. The number of ether oxygens (including phenoxy) is 1. The molecule has 0 radical (unpaired) electrons. The van der Waals surface area contributed by atoms with Gasteiger partial charge in [-0.15, -0.1) is 0 Å². The number of fused-ring (bicyclic) bond motifs is 1. The Morgan fingerprint density at radius 1 is 1.64 bits per heavy atom. The Labute approximate surface area is 86.3 Å². The maximum atomic E-state index is 11.1. The number of phenols is 1. The van der Waals surface area contributed by atoms with Crippen molar-refractivity contribution in [1.82, 2.24) is 0 Å². The molecule has 1 aliphatic rings. The van der Waals surface area contributed by atoms with Crippen LogP contribution >= 0.6 is 11.6 Å². The first-order chi connectivity index (χ1) is 6.61. The molecular formula is C10H9ClO3. The largest absolute Gasteiger partial charge is 0.504 e. The lowest BCUT2D eigenvalue weighted by Crippen LogP contribution is -1.95. The number of carbonyl (C=O) groups is 1. The van der Waals surface area contributed by atoms with Crippen LogP contribution in [0.5, 0.6) is 11.5 Å². The van der Waals surface area contributed by atoms with E-state index in [0.717, 1.165) is 5.56 Å². The number of benzene rings is 1. The van der Waals surface area contributed by atoms with Gasteiger partial charge in [0.05, 0.1) is 12.2 Å². The van der Waals surface area contributed by atoms with Gasteiger partial charge in [0.2, 0.25) is 0 Å². The number of carbonyl (C=O) groups excluding carboxylic acids is 1. The minimum absolute atomic E-state index is 0.0885. The first-order valence-electron chi connectivity index (χ1n) is 4.29. The zero-order chi connectivity index (χ0) is 10.3. The fourth-order valence-electron chi connectivity index (χ4n) is 1.57. The highest BCUT2D eigenvalue weighted by Crippen LogP contribution is 2.42. The van der Waals surface area contributed by atoms with Gasteiger partial charge < -0.3 is 9.84 Å². The van der Waals surface area contributed by atoms with Gasteiger partial charge in [-0.2, -0.15) is 0 Å². The predicted molar refractivity (Wildman–Crippen MR) is 52.3 cm³/mol. The third-order valence-electron chi connectivity index (χ3n) is 2.28. The molecule has 3 nitrogen and oxygen atoms in total. The molecule has 0 atom stereocenters. The Kier molecular flexibility index (Phi) is 2.11. The van der Waals surface area contributed by atoms with Crippen molar-refractivity contribution in [3.8, 4) is 11.5 Å². The van der Waals surface area contributed by atoms with Crippen molar-refractivity contribution in [3.05, 3.63) is 22.2 Å². The van der Waals surface area contributed by atoms with E-state index in [9.17, 15) is 9.90 Å². The molecule has 0 saturated carbocycles. The molecule has 1 N–H and O–H groups in total. The van der Waals surface area contributed by atoms with Crippen molar-refractivity contribution in [2.24, 2.45) is 0 Å². The molecule has 1 aliphatic heterocycles. The molecule has 14 heavy (non-hydrogen) atoms. The number of aromatic hydroxyl groups is 1. The molecule has 1 aromatic rings. The van der Waals surface area contributed by atoms with Crippen molar-refractivity contribution in [3.63, 3.8) is 0 Å². The standard InChI is InChI=1S/C10H9ClO3/c1-5(12)7-4-8(11)6-2-3-14-10(6)9(7)13/h4,13H,2-3H2,1H3. The number of phenolic OH excluding ortho intramolecular Hbond substituents is 1. The molecule has 0 spiro atoms. The van der Waals surface area contributed by atoms with Crippen LogP contribution in [0.15, 0.2) is 6.07 Å². The second-order valence-electron chi connectivity index (χ2n) is 3.22. The molecule has 0 unspecified atom stereocenters. The van der Waals surface area contributed by atoms with Crippen molar-refractivity contribution in [1.29, 1.82) is 0 Å². The van der Waals surface area contributed by atoms with E-state index in [1.807, 2.05) is 0 Å². The third kappa shape index (κ3) is 1.24. The number of hydrogen-bond acceptors (Lipinski definition) is 3. The molecule has 4 heteroatoms. The van der Waals surface area contributed by atoms with E-state index >= 15 is 0 Å². The predicted octanol–water partition coefficient (Wildman–Crippen LogP) is 2.18. The first kappa shape index (κ1) is 9.34. The summed E-state index contributed by atoms with van der Waals surface area (Å²) in [6.07, 6.45) is 0.680. The summed E-state index contributed by atoms with van der Waals surface area (Å²) in [4.78, 5) is 11.1. The topological polar surface area (TPSA) is 46.5 Å². The van der Waals surface area contributed by atoms with E-state index in [1.54, 1.807) is 0 Å². The van der Waals surface area contributed by atoms with Crippen LogP contribution in [0.2, 0.25) is 5.02 Å². The average molecular weight is 213 g/mol. The summed E-state index contributed by atoms with van der Waals surface area (Å²) in [5, 5.41) is 10.2. The molecule has 74 valence electrons. The van der Waals surface area contributed by atoms with Gasteiger partial charge >= 0.3 is 0 Å². The summed E-state index contributed by atoms with van der Waals surface area (Å²) >= 11 is 5.95. The summed E-state index contributed by atoms with van der Waals surface area (Å²) in [7, 11) is 0. The Hall–Kier alpha value is -1.22. The maximum absolute atomic E-state index is 11.1. The number of ketones is 1. The molecule has 0 fully saturated rings. The average Bonchev–Trinajstić information content (AvgIpc) is 2.59. The summed E-state index contributed by atoms with van der Waals surface area (Å²) < 4.78 is 5.21. The van der Waals surface area contributed by atoms with Crippen LogP contribution in [0, 0.1) is 0 Å². The molecule has 2 rings (SSSR count). The van der Waals surface area contributed by atoms with Crippen LogP contribution in [0.3, 0.4) is 0 Å². The van der Waals surface area contributed by atoms with E-state index in [0.29, 0.717) is 23.8 Å². The Morgan fingerprint density at radius 2 is 2.36 bits per heavy atom. The highest BCUT2D eigenvalue weighted by atomic mass is 35.5. The second kappa shape index (κ2) is 3.17. The molecule has 0 amide bonds. The van der Waals surface area contributed by atoms with Gasteiger partial charge in [-0.1, -0.05) is 11.6 Å². The van der Waals surface area contributed by atoms with Crippen molar-refractivity contribution in [2.45, 2.75) is 13.3 Å². The molecule has 1 heterocycles. The fourth-order valence-corrected chi connectivity index (χ4v) is 1.86. The summed E-state index contributed by atoms with van der Waals surface area (Å²) in [6, 6.07) is 1.49. The number of hydrogen-bond donors (Lipinski definition) is 1. The fraction of sp³-hybridized carbons (Fsp3) is 0.300. The second-order valence-corrected chi connectivity index (χ2v) is 3.62. The van der Waals surface area contributed by atoms with E-state index in [1.165, 1.54) is 13.0 Å². The van der Waals surface area contributed by atoms with Gasteiger partial charge in [-0.3, -0.25) is 4.79 Å². The quantitative estimate of drug-likeness (QED) is 0.726. The molecule has 0 bridgehead atoms. The maximum Gasteiger partial charge on any atom is 0.169 e. The van der Waals surface area contributed by atoms with Gasteiger partial charge in [0.15, 0.2) is 17.3 Å². The lowest BCUT2D eigenvalue weighted by Gasteiger charge is -2.07. The van der Waals surface area contributed by atoms with Crippen LogP contribution in [0.4, 0.5) is 0 Å². The van der Waals surface area contributed by atoms with Gasteiger partial charge in [0.1, 0.15) is 0 Å². The van der Waals surface area contributed by atoms with Crippen LogP contribution in [-0.2, 0) is 6.42 Å². The number of Topliss-reactive ketones (excluding diaryl/α,β-unsaturated/α-hetero) is 1. The highest BCUT2D eigenvalue weighted by Gasteiger charge is 2.23. The van der Waals surface area contributed by atoms with Gasteiger partial charge in [-0.25, -0.2) is 0 Å². The molecule has 0 aromatic heterocycles. The molecular weight excluding hydrogens is 204 g/mol. The van der Waals surface area contributed by atoms with Gasteiger partial charge in [0.25, 0.3) is 0 Å². The summed E-state index contributed by atoms with van der Waals surface area (Å²) in [5.41, 5.74) is 1.00. The normalized spacial score (nSPS) is 13.6. The highest BCUT2D eigenvalue weighted by molar-refractivity contribution is 6.32. The Bertz CT molecular complexity index is 412. The molecule has 0 saturated heterocycles. The van der Waals surface area contributed by atoms with Gasteiger partial charge in [0, 0.05) is 17.0 Å². The Balaban J connectivity index is 2.68. The monoisotopic (exact) mass is 212 g/mol. The number of halogens is 1. The van der Waals surface area contributed by atoms with Crippen molar-refractivity contribution >= 4 is 17.4 Å². The minimum Gasteiger partial charge on any atom is -0.504 e. The van der Waals surface area contributed by atoms with Crippen molar-refractivity contribution < 1.29 is 14.6 Å². The van der Waals surface area contributed by atoms with E-state index < -0.39 is 0 Å². The SMILES string of the molecule is CC(=O)c1cc(Cl)c2c(c1O)OCC2. The van der Waals surface area contributed by atoms with E-state index in [2.05, 4.69) is 0 Å². The van der Waals surface area contributed by atoms with Crippen LogP contribution in [-0.4, -0.2) is 17.5 Å². The Morgan fingerprint density at radius 3 is 3.00 bits per heavy atom. The smallest absolute Gasteiger partial charge is 0.169 e. The third-order valence-corrected chi connectivity index (χ3v) is 2.62. The summed E-state index contributed by atoms with van der Waals surface area (Å²) in [5.74, 6) is 0.0554. The first-order valence-corrected chi connectivity index (χ1v) is 4.67. The molecule has 0 aliphatic carbocycles. The van der Waals surface area contributed by atoms with Gasteiger partial charge in [-0.05, 0) is 13.0 Å². The lowest BCUT2D eigenvalue weighted by atomic mass is 10.1. The number of rotatable bonds is 1. The summed E-state index contributed by atoms with van der Waals surface area (Å²) in [6.45, 7) is 1.89. The van der Waals surface area contributed by atoms with E-state index in [4.69, 9.17) is 16.3 Å². The van der Waals surface area contributed by atoms with Crippen LogP contribution < -0.4 is 4.74 Å². The lowest BCUT2D eigenvalue weighted by molar-refractivity contribution is 0.101.